The van der Waals surface area contributed by atoms with Crippen molar-refractivity contribution in [3.63, 3.8) is 0 Å². The topological polar surface area (TPSA) is 61.0 Å². The molecule has 0 aliphatic rings. The van der Waals surface area contributed by atoms with Gasteiger partial charge in [0.05, 0.1) is 16.8 Å². The van der Waals surface area contributed by atoms with Crippen molar-refractivity contribution in [2.75, 3.05) is 0 Å². The number of nitrogens with zero attached hydrogens (tertiary/aromatic N) is 3. The van der Waals surface area contributed by atoms with E-state index in [0.29, 0.717) is 22.6 Å². The van der Waals surface area contributed by atoms with E-state index in [2.05, 4.69) is 21.1 Å². The third-order valence-electron chi connectivity index (χ3n) is 3.12. The van der Waals surface area contributed by atoms with Gasteiger partial charge in [-0.05, 0) is 24.3 Å². The summed E-state index contributed by atoms with van der Waals surface area (Å²) in [6, 6.07) is 10.5. The summed E-state index contributed by atoms with van der Waals surface area (Å²) in [7, 11) is 0. The first kappa shape index (κ1) is 15.6. The molecular weight excluding hydrogens is 316 g/mol. The van der Waals surface area contributed by atoms with Crippen LogP contribution in [0.2, 0.25) is 0 Å². The van der Waals surface area contributed by atoms with Crippen molar-refractivity contribution in [2.24, 2.45) is 0 Å². The molecule has 120 valence electrons. The monoisotopic (exact) mass is 327 g/mol. The first-order valence-electron chi connectivity index (χ1n) is 6.92. The molecule has 0 spiro atoms. The van der Waals surface area contributed by atoms with Crippen LogP contribution in [0.5, 0.6) is 5.75 Å². The normalized spacial score (nSPS) is 10.6. The van der Waals surface area contributed by atoms with Gasteiger partial charge in [0.1, 0.15) is 12.4 Å². The van der Waals surface area contributed by atoms with E-state index in [1.807, 2.05) is 12.1 Å². The van der Waals surface area contributed by atoms with Gasteiger partial charge in [-0.25, -0.2) is 0 Å². The van der Waals surface area contributed by atoms with Crippen LogP contribution in [-0.2, 0) is 6.61 Å². The van der Waals surface area contributed by atoms with Gasteiger partial charge in [-0.3, -0.25) is 4.98 Å². The molecule has 0 amide bonds. The van der Waals surface area contributed by atoms with E-state index in [1.54, 1.807) is 24.3 Å². The van der Waals surface area contributed by atoms with Crippen LogP contribution < -0.4 is 4.74 Å². The van der Waals surface area contributed by atoms with Gasteiger partial charge in [0, 0.05) is 6.20 Å². The number of pyridine rings is 1. The summed E-state index contributed by atoms with van der Waals surface area (Å²) in [6.45, 7) is 0.213. The lowest BCUT2D eigenvalue weighted by molar-refractivity contribution is 0.116. The van der Waals surface area contributed by atoms with Gasteiger partial charge in [0.2, 0.25) is 5.89 Å². The lowest BCUT2D eigenvalue weighted by Crippen LogP contribution is -1.99. The smallest absolute Gasteiger partial charge is 0.314 e. The molecule has 2 aromatic heterocycles. The molecule has 0 unspecified atom stereocenters. The Labute approximate surface area is 136 Å². The fraction of sp³-hybridized carbons (Fsp3) is 0.118. The van der Waals surface area contributed by atoms with E-state index in [9.17, 15) is 8.78 Å². The Kier molecular flexibility index (Phi) is 4.47. The van der Waals surface area contributed by atoms with Crippen molar-refractivity contribution in [3.05, 3.63) is 59.7 Å². The van der Waals surface area contributed by atoms with Crippen LogP contribution in [0.1, 0.15) is 23.6 Å². The van der Waals surface area contributed by atoms with Crippen LogP contribution in [0, 0.1) is 12.3 Å². The largest absolute Gasteiger partial charge is 0.486 e. The molecule has 0 atom stereocenters. The molecule has 0 bridgehead atoms. The fourth-order valence-corrected chi connectivity index (χ4v) is 1.94. The molecule has 0 radical (unpaired) electrons. The molecule has 0 aliphatic heterocycles. The second kappa shape index (κ2) is 6.87. The maximum Gasteiger partial charge on any atom is 0.314 e. The summed E-state index contributed by atoms with van der Waals surface area (Å²) < 4.78 is 35.4. The Hall–Kier alpha value is -3.27. The van der Waals surface area contributed by atoms with Crippen molar-refractivity contribution in [3.8, 4) is 29.5 Å². The Morgan fingerprint density at radius 2 is 2.00 bits per heavy atom. The Morgan fingerprint density at radius 1 is 1.17 bits per heavy atom. The number of hydrogen-bond donors (Lipinski definition) is 0. The molecule has 0 fully saturated rings. The SMILES string of the molecule is C#Cc1ccccc1OCc1ccc(-c2nnc(C(F)F)o2)cn1. The average molecular weight is 327 g/mol. The molecule has 3 aromatic rings. The minimum atomic E-state index is -2.80. The van der Waals surface area contributed by atoms with Crippen LogP contribution >= 0.6 is 0 Å². The highest BCUT2D eigenvalue weighted by Gasteiger charge is 2.17. The third-order valence-corrected chi connectivity index (χ3v) is 3.12. The zero-order valence-electron chi connectivity index (χ0n) is 12.3. The van der Waals surface area contributed by atoms with Gasteiger partial charge in [-0.15, -0.1) is 16.6 Å². The molecule has 5 nitrogen and oxygen atoms in total. The van der Waals surface area contributed by atoms with E-state index in [0.717, 1.165) is 0 Å². The lowest BCUT2D eigenvalue weighted by Gasteiger charge is -2.07. The Morgan fingerprint density at radius 3 is 2.67 bits per heavy atom. The predicted octanol–water partition coefficient (Wildman–Crippen LogP) is 3.63. The average Bonchev–Trinajstić information content (AvgIpc) is 3.11. The van der Waals surface area contributed by atoms with Crippen LogP contribution in [0.15, 0.2) is 47.0 Å². The first-order valence-corrected chi connectivity index (χ1v) is 6.92. The third kappa shape index (κ3) is 3.38. The lowest BCUT2D eigenvalue weighted by atomic mass is 10.2. The number of benzene rings is 1. The van der Waals surface area contributed by atoms with Gasteiger partial charge in [0.25, 0.3) is 5.89 Å². The van der Waals surface area contributed by atoms with Gasteiger partial charge in [-0.2, -0.15) is 8.78 Å². The zero-order valence-corrected chi connectivity index (χ0v) is 12.3. The number of terminal acetylenes is 1. The number of ether oxygens (including phenoxy) is 1. The summed E-state index contributed by atoms with van der Waals surface area (Å²) in [5, 5.41) is 6.84. The number of para-hydroxylation sites is 1. The highest BCUT2D eigenvalue weighted by molar-refractivity contribution is 5.50. The molecule has 7 heteroatoms. The maximum absolute atomic E-state index is 12.4. The minimum Gasteiger partial charge on any atom is -0.486 e. The maximum atomic E-state index is 12.4. The zero-order chi connectivity index (χ0) is 16.9. The molecule has 0 N–H and O–H groups in total. The van der Waals surface area contributed by atoms with Gasteiger partial charge in [0.15, 0.2) is 0 Å². The van der Waals surface area contributed by atoms with E-state index in [1.165, 1.54) is 6.20 Å². The standard InChI is InChI=1S/C17H11F2N3O2/c1-2-11-5-3-4-6-14(11)23-10-13-8-7-12(9-20-13)16-21-22-17(24-16)15(18)19/h1,3-9,15H,10H2. The number of halogens is 2. The number of hydrogen-bond acceptors (Lipinski definition) is 5. The highest BCUT2D eigenvalue weighted by atomic mass is 19.3. The summed E-state index contributed by atoms with van der Waals surface area (Å²) in [5.74, 6) is 2.40. The van der Waals surface area contributed by atoms with E-state index in [4.69, 9.17) is 15.6 Å². The summed E-state index contributed by atoms with van der Waals surface area (Å²) in [4.78, 5) is 4.19. The molecule has 1 aromatic carbocycles. The van der Waals surface area contributed by atoms with Crippen LogP contribution in [-0.4, -0.2) is 15.2 Å². The summed E-state index contributed by atoms with van der Waals surface area (Å²) >= 11 is 0. The quantitative estimate of drug-likeness (QED) is 0.670. The van der Waals surface area contributed by atoms with E-state index in [-0.39, 0.29) is 12.5 Å². The second-order valence-electron chi connectivity index (χ2n) is 4.71. The van der Waals surface area contributed by atoms with Crippen molar-refractivity contribution in [1.29, 1.82) is 0 Å². The van der Waals surface area contributed by atoms with E-state index >= 15 is 0 Å². The molecule has 0 saturated heterocycles. The van der Waals surface area contributed by atoms with Crippen molar-refractivity contribution in [1.82, 2.24) is 15.2 Å². The van der Waals surface area contributed by atoms with Crippen molar-refractivity contribution >= 4 is 0 Å². The van der Waals surface area contributed by atoms with Crippen molar-refractivity contribution < 1.29 is 17.9 Å². The minimum absolute atomic E-state index is 0.0112. The Bertz CT molecular complexity index is 870. The predicted molar refractivity (Wildman–Crippen MR) is 81.2 cm³/mol. The fourth-order valence-electron chi connectivity index (χ4n) is 1.94. The molecule has 24 heavy (non-hydrogen) atoms. The number of alkyl halides is 2. The van der Waals surface area contributed by atoms with Crippen molar-refractivity contribution in [2.45, 2.75) is 13.0 Å². The van der Waals surface area contributed by atoms with Gasteiger partial charge < -0.3 is 9.15 Å². The van der Waals surface area contributed by atoms with E-state index < -0.39 is 12.3 Å². The van der Waals surface area contributed by atoms with Crippen LogP contribution in [0.3, 0.4) is 0 Å². The molecule has 3 rings (SSSR count). The molecular formula is C17H11F2N3O2. The van der Waals surface area contributed by atoms with Crippen LogP contribution in [0.4, 0.5) is 8.78 Å². The molecule has 0 aliphatic carbocycles. The number of rotatable bonds is 5. The van der Waals surface area contributed by atoms with Gasteiger partial charge in [-0.1, -0.05) is 18.1 Å². The second-order valence-corrected chi connectivity index (χ2v) is 4.71. The Balaban J connectivity index is 1.69. The summed E-state index contributed by atoms with van der Waals surface area (Å²) in [5.41, 5.74) is 1.74. The van der Waals surface area contributed by atoms with Crippen LogP contribution in [0.25, 0.3) is 11.5 Å². The van der Waals surface area contributed by atoms with Gasteiger partial charge >= 0.3 is 6.43 Å². The highest BCUT2D eigenvalue weighted by Crippen LogP contribution is 2.23. The first-order chi connectivity index (χ1) is 11.7. The number of aromatic nitrogens is 3. The molecule has 2 heterocycles. The molecule has 0 saturated carbocycles. The summed E-state index contributed by atoms with van der Waals surface area (Å²) in [6.07, 6.45) is 4.06.